The molecule has 0 atom stereocenters. The zero-order chi connectivity index (χ0) is 10.7. The zero-order valence-corrected chi connectivity index (χ0v) is 9.33. The molecule has 1 heterocycles. The molecule has 1 N–H and O–H groups in total. The highest BCUT2D eigenvalue weighted by atomic mass is 14.9. The maximum Gasteiger partial charge on any atom is 0.0419 e. The van der Waals surface area contributed by atoms with Gasteiger partial charge in [0.25, 0.3) is 0 Å². The lowest BCUT2D eigenvalue weighted by molar-refractivity contribution is 0.856. The summed E-state index contributed by atoms with van der Waals surface area (Å²) >= 11 is 0. The Kier molecular flexibility index (Phi) is 2.91. The minimum atomic E-state index is 0.565. The van der Waals surface area contributed by atoms with Crippen LogP contribution in [-0.4, -0.2) is 6.54 Å². The van der Waals surface area contributed by atoms with Gasteiger partial charge in [-0.3, -0.25) is 0 Å². The first-order valence-electron chi connectivity index (χ1n) is 5.49. The fourth-order valence-corrected chi connectivity index (χ4v) is 1.89. The summed E-state index contributed by atoms with van der Waals surface area (Å²) in [5.41, 5.74) is 3.98. The van der Waals surface area contributed by atoms with Crippen LogP contribution in [-0.2, 0) is 0 Å². The van der Waals surface area contributed by atoms with Crippen LogP contribution in [0.15, 0.2) is 42.5 Å². The van der Waals surface area contributed by atoms with E-state index in [2.05, 4.69) is 61.7 Å². The van der Waals surface area contributed by atoms with Crippen molar-refractivity contribution in [3.8, 4) is 0 Å². The molecule has 1 nitrogen and oxygen atoms in total. The summed E-state index contributed by atoms with van der Waals surface area (Å²) in [5, 5.41) is 3.40. The van der Waals surface area contributed by atoms with E-state index >= 15 is 0 Å². The highest BCUT2D eigenvalue weighted by molar-refractivity contribution is 5.69. The summed E-state index contributed by atoms with van der Waals surface area (Å²) < 4.78 is 0. The molecule has 0 saturated heterocycles. The van der Waals surface area contributed by atoms with Crippen molar-refractivity contribution in [2.45, 2.75) is 19.8 Å². The Bertz CT molecular complexity index is 400. The highest BCUT2D eigenvalue weighted by Gasteiger charge is 2.09. The van der Waals surface area contributed by atoms with Crippen molar-refractivity contribution in [2.24, 2.45) is 0 Å². The Hall–Kier alpha value is -1.50. The molecule has 15 heavy (non-hydrogen) atoms. The molecule has 1 aliphatic heterocycles. The minimum absolute atomic E-state index is 0.565. The number of nitrogens with one attached hydrogen (secondary N) is 1. The second kappa shape index (κ2) is 4.35. The van der Waals surface area contributed by atoms with Gasteiger partial charge in [-0.1, -0.05) is 50.3 Å². The van der Waals surface area contributed by atoms with Gasteiger partial charge in [-0.05, 0) is 17.6 Å². The third-order valence-corrected chi connectivity index (χ3v) is 2.68. The van der Waals surface area contributed by atoms with Crippen molar-refractivity contribution in [3.63, 3.8) is 0 Å². The number of dihydropyridines is 1. The smallest absolute Gasteiger partial charge is 0.0419 e. The predicted octanol–water partition coefficient (Wildman–Crippen LogP) is 3.31. The van der Waals surface area contributed by atoms with E-state index in [-0.39, 0.29) is 0 Å². The summed E-state index contributed by atoms with van der Waals surface area (Å²) in [5.74, 6) is 0.565. The van der Waals surface area contributed by atoms with E-state index in [1.165, 1.54) is 16.8 Å². The van der Waals surface area contributed by atoms with E-state index < -0.39 is 0 Å². The van der Waals surface area contributed by atoms with Gasteiger partial charge in [0.05, 0.1) is 0 Å². The minimum Gasteiger partial charge on any atom is -0.381 e. The van der Waals surface area contributed by atoms with E-state index in [0.717, 1.165) is 6.54 Å². The second-order valence-corrected chi connectivity index (χ2v) is 4.13. The lowest BCUT2D eigenvalue weighted by Crippen LogP contribution is -2.15. The van der Waals surface area contributed by atoms with Gasteiger partial charge in [0.15, 0.2) is 0 Å². The summed E-state index contributed by atoms with van der Waals surface area (Å²) in [6.07, 6.45) is 6.38. The van der Waals surface area contributed by atoms with Crippen molar-refractivity contribution in [1.82, 2.24) is 5.32 Å². The molecule has 1 heteroatoms. The molecule has 0 amide bonds. The topological polar surface area (TPSA) is 12.0 Å². The van der Waals surface area contributed by atoms with Gasteiger partial charge < -0.3 is 5.32 Å². The van der Waals surface area contributed by atoms with Crippen LogP contribution < -0.4 is 5.32 Å². The van der Waals surface area contributed by atoms with Crippen molar-refractivity contribution >= 4 is 5.70 Å². The number of allylic oxidation sites excluding steroid dienone is 2. The lowest BCUT2D eigenvalue weighted by Gasteiger charge is -2.17. The van der Waals surface area contributed by atoms with E-state index in [4.69, 9.17) is 0 Å². The van der Waals surface area contributed by atoms with Gasteiger partial charge in [-0.2, -0.15) is 0 Å². The number of hydrogen-bond donors (Lipinski definition) is 1. The van der Waals surface area contributed by atoms with Gasteiger partial charge in [0.1, 0.15) is 0 Å². The molecule has 1 aliphatic rings. The van der Waals surface area contributed by atoms with E-state index in [1.807, 2.05) is 0 Å². The molecule has 1 aromatic carbocycles. The molecular weight excluding hydrogens is 182 g/mol. The average Bonchev–Trinajstić information content (AvgIpc) is 2.30. The Morgan fingerprint density at radius 1 is 1.20 bits per heavy atom. The molecule has 0 bridgehead atoms. The first-order valence-corrected chi connectivity index (χ1v) is 5.49. The quantitative estimate of drug-likeness (QED) is 0.770. The predicted molar refractivity (Wildman–Crippen MR) is 65.7 cm³/mol. The van der Waals surface area contributed by atoms with E-state index in [9.17, 15) is 0 Å². The molecule has 0 unspecified atom stereocenters. The van der Waals surface area contributed by atoms with Gasteiger partial charge in [0.2, 0.25) is 0 Å². The maximum atomic E-state index is 3.40. The second-order valence-electron chi connectivity index (χ2n) is 4.13. The third-order valence-electron chi connectivity index (χ3n) is 2.68. The first-order chi connectivity index (χ1) is 7.29. The SMILES string of the molecule is CC(C)c1ccccc1C1=CC=CCN1. The molecular formula is C14H17N. The fourth-order valence-electron chi connectivity index (χ4n) is 1.89. The van der Waals surface area contributed by atoms with Crippen LogP contribution in [0.2, 0.25) is 0 Å². The Morgan fingerprint density at radius 3 is 2.67 bits per heavy atom. The largest absolute Gasteiger partial charge is 0.381 e. The normalized spacial score (nSPS) is 15.0. The molecule has 0 spiro atoms. The third kappa shape index (κ3) is 2.12. The summed E-state index contributed by atoms with van der Waals surface area (Å²) in [6, 6.07) is 8.61. The molecule has 0 aromatic heterocycles. The van der Waals surface area contributed by atoms with Gasteiger partial charge in [-0.15, -0.1) is 0 Å². The molecule has 0 aliphatic carbocycles. The number of rotatable bonds is 2. The van der Waals surface area contributed by atoms with Crippen molar-refractivity contribution in [3.05, 3.63) is 53.6 Å². The molecule has 0 saturated carbocycles. The summed E-state index contributed by atoms with van der Waals surface area (Å²) in [7, 11) is 0. The summed E-state index contributed by atoms with van der Waals surface area (Å²) in [6.45, 7) is 5.40. The van der Waals surface area contributed by atoms with E-state index in [1.54, 1.807) is 0 Å². The van der Waals surface area contributed by atoms with Crippen LogP contribution in [0.1, 0.15) is 30.9 Å². The molecule has 0 radical (unpaired) electrons. The Labute approximate surface area is 91.5 Å². The van der Waals surface area contributed by atoms with Crippen molar-refractivity contribution in [2.75, 3.05) is 6.54 Å². The number of hydrogen-bond acceptors (Lipinski definition) is 1. The standard InChI is InChI=1S/C14H17N/c1-11(2)12-7-3-4-8-13(12)14-9-5-6-10-15-14/h3-9,11,15H,10H2,1-2H3. The van der Waals surface area contributed by atoms with Crippen LogP contribution in [0.3, 0.4) is 0 Å². The monoisotopic (exact) mass is 199 g/mol. The molecule has 1 aromatic rings. The van der Waals surface area contributed by atoms with Crippen LogP contribution in [0.4, 0.5) is 0 Å². The van der Waals surface area contributed by atoms with Crippen LogP contribution >= 0.6 is 0 Å². The fraction of sp³-hybridized carbons (Fsp3) is 0.286. The van der Waals surface area contributed by atoms with Crippen LogP contribution in [0.25, 0.3) is 5.70 Å². The average molecular weight is 199 g/mol. The Balaban J connectivity index is 2.42. The Morgan fingerprint density at radius 2 is 2.00 bits per heavy atom. The maximum absolute atomic E-state index is 3.40. The van der Waals surface area contributed by atoms with Gasteiger partial charge in [0, 0.05) is 17.8 Å². The van der Waals surface area contributed by atoms with Gasteiger partial charge in [-0.25, -0.2) is 0 Å². The van der Waals surface area contributed by atoms with Crippen molar-refractivity contribution in [1.29, 1.82) is 0 Å². The molecule has 2 rings (SSSR count). The van der Waals surface area contributed by atoms with Crippen LogP contribution in [0, 0.1) is 0 Å². The molecule has 78 valence electrons. The molecule has 0 fully saturated rings. The van der Waals surface area contributed by atoms with Gasteiger partial charge >= 0.3 is 0 Å². The first kappa shape index (κ1) is 10.0. The van der Waals surface area contributed by atoms with Crippen molar-refractivity contribution < 1.29 is 0 Å². The van der Waals surface area contributed by atoms with E-state index in [0.29, 0.717) is 5.92 Å². The highest BCUT2D eigenvalue weighted by Crippen LogP contribution is 2.24. The lowest BCUT2D eigenvalue weighted by atomic mass is 9.94. The number of benzene rings is 1. The summed E-state index contributed by atoms with van der Waals surface area (Å²) in [4.78, 5) is 0. The van der Waals surface area contributed by atoms with Crippen LogP contribution in [0.5, 0.6) is 0 Å². The zero-order valence-electron chi connectivity index (χ0n) is 9.33.